The molecule has 0 bridgehead atoms. The fourth-order valence-corrected chi connectivity index (χ4v) is 1.37. The summed E-state index contributed by atoms with van der Waals surface area (Å²) in [5.74, 6) is -0.628. The number of amides is 1. The van der Waals surface area contributed by atoms with Crippen LogP contribution in [0.25, 0.3) is 0 Å². The van der Waals surface area contributed by atoms with Gasteiger partial charge in [-0.25, -0.2) is 4.39 Å². The molecule has 17 heavy (non-hydrogen) atoms. The van der Waals surface area contributed by atoms with Crippen LogP contribution in [-0.4, -0.2) is 11.4 Å². The predicted octanol–water partition coefficient (Wildman–Crippen LogP) is 2.59. The van der Waals surface area contributed by atoms with Crippen molar-refractivity contribution in [1.29, 1.82) is 0 Å². The molecule has 0 radical (unpaired) electrons. The second kappa shape index (κ2) is 5.27. The number of rotatable bonds is 4. The number of halogens is 1. The summed E-state index contributed by atoms with van der Waals surface area (Å²) in [4.78, 5) is 11.6. The molecule has 4 heteroatoms. The van der Waals surface area contributed by atoms with E-state index in [0.29, 0.717) is 6.42 Å². The van der Waals surface area contributed by atoms with Crippen LogP contribution in [0.2, 0.25) is 0 Å². The standard InChI is InChI=1S/C13H19FN2O/c1-9-4-5-11(10(14)8-9)16-12(17)6-7-13(2,3)15/h4-5,8H,6-7,15H2,1-3H3,(H,16,17). The number of benzene rings is 1. The van der Waals surface area contributed by atoms with Crippen LogP contribution in [0.15, 0.2) is 18.2 Å². The average Bonchev–Trinajstić information content (AvgIpc) is 2.18. The van der Waals surface area contributed by atoms with E-state index in [0.717, 1.165) is 5.56 Å². The summed E-state index contributed by atoms with van der Waals surface area (Å²) in [7, 11) is 0. The molecule has 0 atom stereocenters. The normalized spacial score (nSPS) is 11.4. The lowest BCUT2D eigenvalue weighted by atomic mass is 10.00. The summed E-state index contributed by atoms with van der Waals surface area (Å²) in [5, 5.41) is 2.54. The summed E-state index contributed by atoms with van der Waals surface area (Å²) in [6.07, 6.45) is 0.850. The molecule has 3 nitrogen and oxygen atoms in total. The maximum atomic E-state index is 13.4. The van der Waals surface area contributed by atoms with Crippen LogP contribution >= 0.6 is 0 Å². The molecule has 3 N–H and O–H groups in total. The first kappa shape index (κ1) is 13.6. The number of carbonyl (C=O) groups is 1. The third kappa shape index (κ3) is 4.95. The van der Waals surface area contributed by atoms with Gasteiger partial charge in [-0.05, 0) is 44.9 Å². The Morgan fingerprint density at radius 1 is 1.47 bits per heavy atom. The molecule has 0 fully saturated rings. The van der Waals surface area contributed by atoms with Gasteiger partial charge in [-0.2, -0.15) is 0 Å². The van der Waals surface area contributed by atoms with Crippen molar-refractivity contribution in [3.05, 3.63) is 29.6 Å². The Kier molecular flexibility index (Phi) is 4.23. The zero-order valence-corrected chi connectivity index (χ0v) is 10.5. The Bertz CT molecular complexity index is 410. The van der Waals surface area contributed by atoms with Crippen LogP contribution in [0.4, 0.5) is 10.1 Å². The van der Waals surface area contributed by atoms with Crippen LogP contribution in [0, 0.1) is 12.7 Å². The maximum Gasteiger partial charge on any atom is 0.224 e. The van der Waals surface area contributed by atoms with E-state index in [1.54, 1.807) is 19.1 Å². The van der Waals surface area contributed by atoms with Crippen molar-refractivity contribution in [2.75, 3.05) is 5.32 Å². The van der Waals surface area contributed by atoms with E-state index in [9.17, 15) is 9.18 Å². The molecule has 0 heterocycles. The number of carbonyl (C=O) groups excluding carboxylic acids is 1. The molecule has 0 saturated heterocycles. The van der Waals surface area contributed by atoms with Gasteiger partial charge in [0.2, 0.25) is 5.91 Å². The fourth-order valence-electron chi connectivity index (χ4n) is 1.37. The first-order valence-corrected chi connectivity index (χ1v) is 5.63. The Morgan fingerprint density at radius 3 is 2.65 bits per heavy atom. The molecule has 0 aliphatic rings. The van der Waals surface area contributed by atoms with Crippen molar-refractivity contribution >= 4 is 11.6 Å². The van der Waals surface area contributed by atoms with Gasteiger partial charge in [0, 0.05) is 12.0 Å². The molecule has 94 valence electrons. The van der Waals surface area contributed by atoms with E-state index in [4.69, 9.17) is 5.73 Å². The lowest BCUT2D eigenvalue weighted by Gasteiger charge is -2.17. The third-order valence-electron chi connectivity index (χ3n) is 2.40. The van der Waals surface area contributed by atoms with E-state index in [-0.39, 0.29) is 23.6 Å². The summed E-state index contributed by atoms with van der Waals surface area (Å²) in [6, 6.07) is 4.71. The lowest BCUT2D eigenvalue weighted by molar-refractivity contribution is -0.116. The molecule has 0 saturated carbocycles. The van der Waals surface area contributed by atoms with E-state index in [1.807, 2.05) is 13.8 Å². The summed E-state index contributed by atoms with van der Waals surface area (Å²) in [5.41, 5.74) is 6.43. The van der Waals surface area contributed by atoms with Crippen molar-refractivity contribution in [3.8, 4) is 0 Å². The number of aryl methyl sites for hydroxylation is 1. The van der Waals surface area contributed by atoms with E-state index in [2.05, 4.69) is 5.32 Å². The molecule has 1 aromatic rings. The van der Waals surface area contributed by atoms with Crippen molar-refractivity contribution in [3.63, 3.8) is 0 Å². The Balaban J connectivity index is 2.57. The van der Waals surface area contributed by atoms with E-state index < -0.39 is 5.82 Å². The van der Waals surface area contributed by atoms with Gasteiger partial charge in [0.1, 0.15) is 5.82 Å². The van der Waals surface area contributed by atoms with Gasteiger partial charge >= 0.3 is 0 Å². The highest BCUT2D eigenvalue weighted by atomic mass is 19.1. The number of nitrogens with one attached hydrogen (secondary N) is 1. The van der Waals surface area contributed by atoms with Gasteiger partial charge in [0.15, 0.2) is 0 Å². The Hall–Kier alpha value is -1.42. The molecular weight excluding hydrogens is 219 g/mol. The molecule has 0 spiro atoms. The first-order chi connectivity index (χ1) is 7.78. The largest absolute Gasteiger partial charge is 0.326 e. The minimum absolute atomic E-state index is 0.216. The highest BCUT2D eigenvalue weighted by Crippen LogP contribution is 2.16. The first-order valence-electron chi connectivity index (χ1n) is 5.63. The van der Waals surface area contributed by atoms with Crippen molar-refractivity contribution in [2.24, 2.45) is 5.73 Å². The molecule has 1 amide bonds. The summed E-state index contributed by atoms with van der Waals surface area (Å²) < 4.78 is 13.4. The SMILES string of the molecule is Cc1ccc(NC(=O)CCC(C)(C)N)c(F)c1. The average molecular weight is 238 g/mol. The summed E-state index contributed by atoms with van der Waals surface area (Å²) in [6.45, 7) is 5.51. The minimum Gasteiger partial charge on any atom is -0.326 e. The fraction of sp³-hybridized carbons (Fsp3) is 0.462. The second-order valence-electron chi connectivity index (χ2n) is 5.02. The lowest BCUT2D eigenvalue weighted by Crippen LogP contribution is -2.33. The van der Waals surface area contributed by atoms with Crippen molar-refractivity contribution < 1.29 is 9.18 Å². The highest BCUT2D eigenvalue weighted by molar-refractivity contribution is 5.90. The molecule has 1 rings (SSSR count). The van der Waals surface area contributed by atoms with E-state index in [1.165, 1.54) is 6.07 Å². The van der Waals surface area contributed by atoms with Gasteiger partial charge < -0.3 is 11.1 Å². The minimum atomic E-state index is -0.412. The quantitative estimate of drug-likeness (QED) is 0.847. The molecule has 0 unspecified atom stereocenters. The molecule has 0 aromatic heterocycles. The van der Waals surface area contributed by atoms with Gasteiger partial charge in [0.25, 0.3) is 0 Å². The maximum absolute atomic E-state index is 13.4. The molecule has 1 aromatic carbocycles. The number of anilines is 1. The second-order valence-corrected chi connectivity index (χ2v) is 5.02. The summed E-state index contributed by atoms with van der Waals surface area (Å²) >= 11 is 0. The monoisotopic (exact) mass is 238 g/mol. The van der Waals surface area contributed by atoms with E-state index >= 15 is 0 Å². The van der Waals surface area contributed by atoms with Crippen molar-refractivity contribution in [1.82, 2.24) is 0 Å². The van der Waals surface area contributed by atoms with Crippen molar-refractivity contribution in [2.45, 2.75) is 39.2 Å². The van der Waals surface area contributed by atoms with Crippen LogP contribution in [0.1, 0.15) is 32.3 Å². The predicted molar refractivity (Wildman–Crippen MR) is 67.3 cm³/mol. The Morgan fingerprint density at radius 2 is 2.12 bits per heavy atom. The zero-order chi connectivity index (χ0) is 13.1. The molecule has 0 aliphatic heterocycles. The van der Waals surface area contributed by atoms with Crippen LogP contribution < -0.4 is 11.1 Å². The third-order valence-corrected chi connectivity index (χ3v) is 2.40. The number of nitrogens with two attached hydrogens (primary N) is 1. The Labute approximate surface area is 101 Å². The zero-order valence-electron chi connectivity index (χ0n) is 10.5. The highest BCUT2D eigenvalue weighted by Gasteiger charge is 2.14. The van der Waals surface area contributed by atoms with Crippen LogP contribution in [0.3, 0.4) is 0 Å². The van der Waals surface area contributed by atoms with Crippen LogP contribution in [0.5, 0.6) is 0 Å². The topological polar surface area (TPSA) is 55.1 Å². The van der Waals surface area contributed by atoms with Gasteiger partial charge in [-0.3, -0.25) is 4.79 Å². The van der Waals surface area contributed by atoms with Gasteiger partial charge in [0.05, 0.1) is 5.69 Å². The smallest absolute Gasteiger partial charge is 0.224 e. The van der Waals surface area contributed by atoms with Crippen LogP contribution in [-0.2, 0) is 4.79 Å². The number of hydrogen-bond donors (Lipinski definition) is 2. The molecule has 0 aliphatic carbocycles. The van der Waals surface area contributed by atoms with Gasteiger partial charge in [-0.15, -0.1) is 0 Å². The molecular formula is C13H19FN2O. The van der Waals surface area contributed by atoms with Gasteiger partial charge in [-0.1, -0.05) is 6.07 Å². The number of hydrogen-bond acceptors (Lipinski definition) is 2.